The molecule has 0 aliphatic rings. The summed E-state index contributed by atoms with van der Waals surface area (Å²) in [6.45, 7) is 9.94. The zero-order chi connectivity index (χ0) is 22.7. The van der Waals surface area contributed by atoms with E-state index in [1.54, 1.807) is 39.8 Å². The van der Waals surface area contributed by atoms with Crippen molar-refractivity contribution in [3.05, 3.63) is 29.3 Å². The largest absolute Gasteiger partial charge is 0.444 e. The molecule has 166 valence electrons. The Labute approximate surface area is 178 Å². The van der Waals surface area contributed by atoms with Crippen LogP contribution in [0.15, 0.2) is 18.2 Å². The van der Waals surface area contributed by atoms with E-state index in [1.165, 1.54) is 0 Å². The molecule has 8 heteroatoms. The van der Waals surface area contributed by atoms with E-state index in [1.807, 2.05) is 13.0 Å². The summed E-state index contributed by atoms with van der Waals surface area (Å²) in [7, 11) is 0. The van der Waals surface area contributed by atoms with Gasteiger partial charge in [-0.3, -0.25) is 14.5 Å². The van der Waals surface area contributed by atoms with E-state index >= 15 is 0 Å². The standard InChI is InChI=1S/C22H33N3O5/c1-6-9-17(14-26)25(15-27)20(28)19-16(2)10-7-11-18(19)23-12-8-13-24-21(29)30-22(3,4)5/h7,10-11,14-15,17,23H,6,8-9,12-13H2,1-5H3,(H,24,29). The number of carbonyl (C=O) groups is 4. The average Bonchev–Trinajstić information content (AvgIpc) is 2.66. The normalized spacial score (nSPS) is 11.9. The number of rotatable bonds is 11. The predicted octanol–water partition coefficient (Wildman–Crippen LogP) is 3.29. The molecule has 3 amide bonds. The molecular weight excluding hydrogens is 386 g/mol. The molecule has 8 nitrogen and oxygen atoms in total. The van der Waals surface area contributed by atoms with Gasteiger partial charge in [-0.2, -0.15) is 0 Å². The number of nitrogens with one attached hydrogen (secondary N) is 2. The van der Waals surface area contributed by atoms with Crippen LogP contribution in [0.3, 0.4) is 0 Å². The number of hydrogen-bond donors (Lipinski definition) is 2. The maximum atomic E-state index is 13.0. The van der Waals surface area contributed by atoms with Crippen molar-refractivity contribution in [3.63, 3.8) is 0 Å². The molecule has 1 atom stereocenters. The highest BCUT2D eigenvalue weighted by molar-refractivity contribution is 6.06. The summed E-state index contributed by atoms with van der Waals surface area (Å²) in [6.07, 6.45) is 2.25. The first-order valence-electron chi connectivity index (χ1n) is 10.2. The topological polar surface area (TPSA) is 105 Å². The molecule has 1 aromatic carbocycles. The Kier molecular flexibility index (Phi) is 10.0. The molecule has 1 aromatic rings. The minimum Gasteiger partial charge on any atom is -0.444 e. The monoisotopic (exact) mass is 419 g/mol. The minimum atomic E-state index is -0.787. The molecular formula is C22H33N3O5. The maximum absolute atomic E-state index is 13.0. The van der Waals surface area contributed by atoms with Gasteiger partial charge in [0.05, 0.1) is 11.6 Å². The van der Waals surface area contributed by atoms with E-state index in [-0.39, 0.29) is 0 Å². The van der Waals surface area contributed by atoms with E-state index in [2.05, 4.69) is 10.6 Å². The van der Waals surface area contributed by atoms with Gasteiger partial charge in [0.15, 0.2) is 0 Å². The summed E-state index contributed by atoms with van der Waals surface area (Å²) in [5.74, 6) is -0.511. The fourth-order valence-electron chi connectivity index (χ4n) is 2.89. The number of amides is 3. The van der Waals surface area contributed by atoms with Crippen molar-refractivity contribution in [2.24, 2.45) is 0 Å². The molecule has 0 saturated heterocycles. The van der Waals surface area contributed by atoms with Gasteiger partial charge in [-0.15, -0.1) is 0 Å². The number of aldehydes is 1. The summed E-state index contributed by atoms with van der Waals surface area (Å²) >= 11 is 0. The lowest BCUT2D eigenvalue weighted by molar-refractivity contribution is -0.123. The van der Waals surface area contributed by atoms with Crippen molar-refractivity contribution in [3.8, 4) is 0 Å². The van der Waals surface area contributed by atoms with Gasteiger partial charge in [-0.25, -0.2) is 4.79 Å². The van der Waals surface area contributed by atoms with Gasteiger partial charge in [0.1, 0.15) is 11.9 Å². The number of ether oxygens (including phenoxy) is 1. The summed E-state index contributed by atoms with van der Waals surface area (Å²) < 4.78 is 5.18. The van der Waals surface area contributed by atoms with Gasteiger partial charge < -0.3 is 20.2 Å². The molecule has 2 N–H and O–H groups in total. The Morgan fingerprint density at radius 2 is 1.90 bits per heavy atom. The van der Waals surface area contributed by atoms with Crippen molar-refractivity contribution in [2.75, 3.05) is 18.4 Å². The second kappa shape index (κ2) is 11.9. The van der Waals surface area contributed by atoms with Crippen molar-refractivity contribution in [1.29, 1.82) is 0 Å². The molecule has 0 aliphatic heterocycles. The number of aryl methyl sites for hydroxylation is 1. The maximum Gasteiger partial charge on any atom is 0.407 e. The quantitative estimate of drug-likeness (QED) is 0.421. The van der Waals surface area contributed by atoms with Crippen LogP contribution in [0.4, 0.5) is 10.5 Å². The lowest BCUT2D eigenvalue weighted by Gasteiger charge is -2.24. The van der Waals surface area contributed by atoms with Crippen LogP contribution in [-0.4, -0.2) is 54.3 Å². The Balaban J connectivity index is 2.78. The first-order valence-corrected chi connectivity index (χ1v) is 10.2. The number of benzene rings is 1. The summed E-state index contributed by atoms with van der Waals surface area (Å²) in [5.41, 5.74) is 1.07. The second-order valence-corrected chi connectivity index (χ2v) is 8.02. The highest BCUT2D eigenvalue weighted by atomic mass is 16.6. The highest BCUT2D eigenvalue weighted by Gasteiger charge is 2.26. The van der Waals surface area contributed by atoms with E-state index in [9.17, 15) is 19.2 Å². The molecule has 0 aromatic heterocycles. The number of alkyl carbamates (subject to hydrolysis) is 1. The minimum absolute atomic E-state index is 0.354. The van der Waals surface area contributed by atoms with E-state index in [0.29, 0.717) is 61.9 Å². The van der Waals surface area contributed by atoms with Crippen LogP contribution in [0.5, 0.6) is 0 Å². The van der Waals surface area contributed by atoms with Crippen molar-refractivity contribution < 1.29 is 23.9 Å². The van der Waals surface area contributed by atoms with Crippen LogP contribution in [-0.2, 0) is 14.3 Å². The zero-order valence-electron chi connectivity index (χ0n) is 18.5. The predicted molar refractivity (Wildman–Crippen MR) is 116 cm³/mol. The van der Waals surface area contributed by atoms with Crippen LogP contribution in [0.25, 0.3) is 0 Å². The molecule has 1 unspecified atom stereocenters. The number of nitrogens with zero attached hydrogens (tertiary/aromatic N) is 1. The first kappa shape index (κ1) is 25.1. The van der Waals surface area contributed by atoms with Crippen LogP contribution < -0.4 is 10.6 Å². The second-order valence-electron chi connectivity index (χ2n) is 8.02. The van der Waals surface area contributed by atoms with Crippen molar-refractivity contribution in [1.82, 2.24) is 10.2 Å². The first-order chi connectivity index (χ1) is 14.1. The van der Waals surface area contributed by atoms with Gasteiger partial charge in [0, 0.05) is 18.8 Å². The van der Waals surface area contributed by atoms with Gasteiger partial charge >= 0.3 is 6.09 Å². The molecule has 0 saturated carbocycles. The van der Waals surface area contributed by atoms with Crippen LogP contribution >= 0.6 is 0 Å². The van der Waals surface area contributed by atoms with Crippen LogP contribution in [0.1, 0.15) is 62.9 Å². The van der Waals surface area contributed by atoms with Crippen LogP contribution in [0, 0.1) is 6.92 Å². The Morgan fingerprint density at radius 1 is 1.20 bits per heavy atom. The number of carbonyl (C=O) groups excluding carboxylic acids is 4. The lowest BCUT2D eigenvalue weighted by Crippen LogP contribution is -2.41. The van der Waals surface area contributed by atoms with Crippen LogP contribution in [0.2, 0.25) is 0 Å². The molecule has 0 heterocycles. The smallest absolute Gasteiger partial charge is 0.407 e. The van der Waals surface area contributed by atoms with Gasteiger partial charge in [0.2, 0.25) is 6.41 Å². The number of imide groups is 1. The Morgan fingerprint density at radius 3 is 2.47 bits per heavy atom. The van der Waals surface area contributed by atoms with Crippen molar-refractivity contribution in [2.45, 2.75) is 65.5 Å². The van der Waals surface area contributed by atoms with Gasteiger partial charge in [-0.05, 0) is 52.2 Å². The molecule has 0 radical (unpaired) electrons. The molecule has 0 spiro atoms. The molecule has 0 bridgehead atoms. The summed E-state index contributed by atoms with van der Waals surface area (Å²) in [6, 6.07) is 4.55. The lowest BCUT2D eigenvalue weighted by atomic mass is 10.0. The van der Waals surface area contributed by atoms with Gasteiger partial charge in [-0.1, -0.05) is 25.5 Å². The Hall–Kier alpha value is -2.90. The molecule has 1 rings (SSSR count). The van der Waals surface area contributed by atoms with E-state index in [4.69, 9.17) is 4.74 Å². The third kappa shape index (κ3) is 7.85. The third-order valence-electron chi connectivity index (χ3n) is 4.27. The van der Waals surface area contributed by atoms with Crippen molar-refractivity contribution >= 4 is 30.4 Å². The average molecular weight is 420 g/mol. The number of anilines is 1. The highest BCUT2D eigenvalue weighted by Crippen LogP contribution is 2.22. The Bertz CT molecular complexity index is 743. The van der Waals surface area contributed by atoms with E-state index < -0.39 is 23.6 Å². The van der Waals surface area contributed by atoms with E-state index in [0.717, 1.165) is 4.90 Å². The molecule has 0 fully saturated rings. The SMILES string of the molecule is CCCC(C=O)N(C=O)C(=O)c1c(C)cccc1NCCCNC(=O)OC(C)(C)C. The fraction of sp³-hybridized carbons (Fsp3) is 0.545. The molecule has 0 aliphatic carbocycles. The third-order valence-corrected chi connectivity index (χ3v) is 4.27. The summed E-state index contributed by atoms with van der Waals surface area (Å²) in [4.78, 5) is 48.6. The fourth-order valence-corrected chi connectivity index (χ4v) is 2.89. The van der Waals surface area contributed by atoms with Gasteiger partial charge in [0.25, 0.3) is 5.91 Å². The number of hydrogen-bond acceptors (Lipinski definition) is 6. The zero-order valence-corrected chi connectivity index (χ0v) is 18.5. The molecule has 30 heavy (non-hydrogen) atoms. The summed E-state index contributed by atoms with van der Waals surface area (Å²) in [5, 5.41) is 5.86.